The SMILES string of the molecule is O=C(Nc1ccccc1F)C1C2CC/C=C\CC/C=C/CCC21. The summed E-state index contributed by atoms with van der Waals surface area (Å²) in [5, 5.41) is 2.78. The van der Waals surface area contributed by atoms with E-state index in [0.717, 1.165) is 38.5 Å². The standard InChI is InChI=1S/C20H24FNO/c21-17-13-9-10-14-18(17)22-20(23)19-15-11-7-5-3-1-2-4-6-8-12-16(15)19/h3-6,9-10,13-16,19H,1-2,7-8,11-12H2,(H,22,23)/b5-3-,6-4+. The first kappa shape index (κ1) is 16.0. The van der Waals surface area contributed by atoms with E-state index in [2.05, 4.69) is 29.6 Å². The highest BCUT2D eigenvalue weighted by Crippen LogP contribution is 2.52. The average Bonchev–Trinajstić information content (AvgIpc) is 3.22. The molecule has 3 heteroatoms. The largest absolute Gasteiger partial charge is 0.323 e. The van der Waals surface area contributed by atoms with Gasteiger partial charge >= 0.3 is 0 Å². The molecule has 0 saturated heterocycles. The Kier molecular flexibility index (Phi) is 5.27. The topological polar surface area (TPSA) is 29.1 Å². The van der Waals surface area contributed by atoms with Gasteiger partial charge in [0.15, 0.2) is 0 Å². The number of hydrogen-bond donors (Lipinski definition) is 1. The van der Waals surface area contributed by atoms with Crippen LogP contribution in [-0.4, -0.2) is 5.91 Å². The fraction of sp³-hybridized carbons (Fsp3) is 0.450. The molecule has 2 aliphatic carbocycles. The lowest BCUT2D eigenvalue weighted by Gasteiger charge is -2.05. The van der Waals surface area contributed by atoms with Crippen LogP contribution in [0, 0.1) is 23.6 Å². The van der Waals surface area contributed by atoms with Gasteiger partial charge in [0.1, 0.15) is 5.82 Å². The normalized spacial score (nSPS) is 30.2. The van der Waals surface area contributed by atoms with Crippen molar-refractivity contribution in [2.45, 2.75) is 38.5 Å². The number of halogens is 1. The lowest BCUT2D eigenvalue weighted by molar-refractivity contribution is -0.117. The summed E-state index contributed by atoms with van der Waals surface area (Å²) in [4.78, 5) is 12.5. The van der Waals surface area contributed by atoms with E-state index >= 15 is 0 Å². The van der Waals surface area contributed by atoms with Crippen molar-refractivity contribution < 1.29 is 9.18 Å². The van der Waals surface area contributed by atoms with E-state index in [9.17, 15) is 9.18 Å². The van der Waals surface area contributed by atoms with Crippen molar-refractivity contribution in [3.63, 3.8) is 0 Å². The minimum atomic E-state index is -0.369. The van der Waals surface area contributed by atoms with Gasteiger partial charge in [0.05, 0.1) is 5.69 Å². The second-order valence-electron chi connectivity index (χ2n) is 6.50. The van der Waals surface area contributed by atoms with E-state index < -0.39 is 0 Å². The highest BCUT2D eigenvalue weighted by Gasteiger charge is 2.52. The quantitative estimate of drug-likeness (QED) is 0.757. The Bertz CT molecular complexity index is 583. The van der Waals surface area contributed by atoms with Crippen molar-refractivity contribution in [1.29, 1.82) is 0 Å². The van der Waals surface area contributed by atoms with Crippen LogP contribution in [0.2, 0.25) is 0 Å². The second-order valence-corrected chi connectivity index (χ2v) is 6.50. The fourth-order valence-electron chi connectivity index (χ4n) is 3.64. The van der Waals surface area contributed by atoms with Crippen molar-refractivity contribution in [2.24, 2.45) is 17.8 Å². The van der Waals surface area contributed by atoms with Crippen molar-refractivity contribution in [3.05, 3.63) is 54.4 Å². The van der Waals surface area contributed by atoms with Crippen LogP contribution in [0.4, 0.5) is 10.1 Å². The van der Waals surface area contributed by atoms with Crippen LogP contribution in [0.3, 0.4) is 0 Å². The molecule has 2 aliphatic rings. The molecular formula is C20H24FNO. The number of para-hydroxylation sites is 1. The van der Waals surface area contributed by atoms with Crippen LogP contribution in [-0.2, 0) is 4.79 Å². The van der Waals surface area contributed by atoms with E-state index in [1.165, 1.54) is 6.07 Å². The van der Waals surface area contributed by atoms with Crippen molar-refractivity contribution in [3.8, 4) is 0 Å². The molecule has 122 valence electrons. The van der Waals surface area contributed by atoms with E-state index in [4.69, 9.17) is 0 Å². The third-order valence-electron chi connectivity index (χ3n) is 4.93. The van der Waals surface area contributed by atoms with Gasteiger partial charge in [0.2, 0.25) is 5.91 Å². The fourth-order valence-corrected chi connectivity index (χ4v) is 3.64. The number of anilines is 1. The number of allylic oxidation sites excluding steroid dienone is 4. The summed E-state index contributed by atoms with van der Waals surface area (Å²) < 4.78 is 13.7. The molecule has 23 heavy (non-hydrogen) atoms. The van der Waals surface area contributed by atoms with Gasteiger partial charge in [-0.2, -0.15) is 0 Å². The third-order valence-corrected chi connectivity index (χ3v) is 4.93. The Morgan fingerprint density at radius 3 is 2.09 bits per heavy atom. The van der Waals surface area contributed by atoms with Gasteiger partial charge in [0.25, 0.3) is 0 Å². The predicted molar refractivity (Wildman–Crippen MR) is 91.5 cm³/mol. The van der Waals surface area contributed by atoms with Crippen LogP contribution >= 0.6 is 0 Å². The monoisotopic (exact) mass is 313 g/mol. The zero-order valence-corrected chi connectivity index (χ0v) is 13.4. The molecular weight excluding hydrogens is 289 g/mol. The molecule has 1 aromatic rings. The Morgan fingerprint density at radius 1 is 0.913 bits per heavy atom. The number of nitrogens with one attached hydrogen (secondary N) is 1. The van der Waals surface area contributed by atoms with Crippen LogP contribution in [0.5, 0.6) is 0 Å². The van der Waals surface area contributed by atoms with Crippen molar-refractivity contribution in [1.82, 2.24) is 0 Å². The van der Waals surface area contributed by atoms with Crippen LogP contribution in [0.25, 0.3) is 0 Å². The molecule has 0 spiro atoms. The summed E-state index contributed by atoms with van der Waals surface area (Å²) in [7, 11) is 0. The predicted octanol–water partition coefficient (Wildman–Crippen LogP) is 5.09. The maximum atomic E-state index is 13.7. The molecule has 3 unspecified atom stereocenters. The number of carbonyl (C=O) groups is 1. The lowest BCUT2D eigenvalue weighted by atomic mass is 10.1. The Balaban J connectivity index is 1.63. The van der Waals surface area contributed by atoms with E-state index in [1.54, 1.807) is 18.2 Å². The average molecular weight is 313 g/mol. The molecule has 1 aromatic carbocycles. The highest BCUT2D eigenvalue weighted by molar-refractivity contribution is 5.95. The summed E-state index contributed by atoms with van der Waals surface area (Å²) in [6, 6.07) is 6.37. The van der Waals surface area contributed by atoms with Gasteiger partial charge in [-0.25, -0.2) is 4.39 Å². The van der Waals surface area contributed by atoms with E-state index in [1.807, 2.05) is 0 Å². The third kappa shape index (κ3) is 4.10. The molecule has 0 heterocycles. The maximum absolute atomic E-state index is 13.7. The zero-order chi connectivity index (χ0) is 16.1. The number of hydrogen-bond acceptors (Lipinski definition) is 1. The summed E-state index contributed by atoms with van der Waals surface area (Å²) in [6.07, 6.45) is 15.3. The van der Waals surface area contributed by atoms with Crippen LogP contribution in [0.1, 0.15) is 38.5 Å². The number of amides is 1. The molecule has 2 nitrogen and oxygen atoms in total. The molecule has 0 aromatic heterocycles. The molecule has 0 aliphatic heterocycles. The molecule has 1 N–H and O–H groups in total. The number of benzene rings is 1. The smallest absolute Gasteiger partial charge is 0.228 e. The first-order valence-electron chi connectivity index (χ1n) is 8.63. The molecule has 1 amide bonds. The highest BCUT2D eigenvalue weighted by atomic mass is 19.1. The Hall–Kier alpha value is -1.90. The van der Waals surface area contributed by atoms with Gasteiger partial charge in [-0.15, -0.1) is 0 Å². The Morgan fingerprint density at radius 2 is 1.48 bits per heavy atom. The first-order valence-corrected chi connectivity index (χ1v) is 8.63. The van der Waals surface area contributed by atoms with Crippen LogP contribution in [0.15, 0.2) is 48.6 Å². The van der Waals surface area contributed by atoms with Gasteiger partial charge in [-0.05, 0) is 62.5 Å². The minimum absolute atomic E-state index is 0.0204. The van der Waals surface area contributed by atoms with Gasteiger partial charge in [-0.1, -0.05) is 36.4 Å². The molecule has 0 bridgehead atoms. The maximum Gasteiger partial charge on any atom is 0.228 e. The zero-order valence-electron chi connectivity index (χ0n) is 13.4. The van der Waals surface area contributed by atoms with Crippen LogP contribution < -0.4 is 5.32 Å². The summed E-state index contributed by atoms with van der Waals surface area (Å²) in [5.41, 5.74) is 0.291. The van der Waals surface area contributed by atoms with Crippen molar-refractivity contribution >= 4 is 11.6 Å². The lowest BCUT2D eigenvalue weighted by Crippen LogP contribution is -2.16. The Labute approximate surface area is 137 Å². The molecule has 0 radical (unpaired) electrons. The van der Waals surface area contributed by atoms with E-state index in [-0.39, 0.29) is 17.6 Å². The number of fused-ring (bicyclic) bond motifs is 1. The number of carbonyl (C=O) groups excluding carboxylic acids is 1. The summed E-state index contributed by atoms with van der Waals surface area (Å²) in [5.74, 6) is 0.537. The van der Waals surface area contributed by atoms with E-state index in [0.29, 0.717) is 17.5 Å². The number of rotatable bonds is 2. The molecule has 3 atom stereocenters. The minimum Gasteiger partial charge on any atom is -0.323 e. The molecule has 1 saturated carbocycles. The molecule has 1 fully saturated rings. The summed E-state index contributed by atoms with van der Waals surface area (Å²) >= 11 is 0. The summed E-state index contributed by atoms with van der Waals surface area (Å²) in [6.45, 7) is 0. The first-order chi connectivity index (χ1) is 11.3. The van der Waals surface area contributed by atoms with Gasteiger partial charge < -0.3 is 5.32 Å². The van der Waals surface area contributed by atoms with Crippen molar-refractivity contribution in [2.75, 3.05) is 5.32 Å². The molecule has 3 rings (SSSR count). The second kappa shape index (κ2) is 7.58. The van der Waals surface area contributed by atoms with Gasteiger partial charge in [0, 0.05) is 5.92 Å². The van der Waals surface area contributed by atoms with Gasteiger partial charge in [-0.3, -0.25) is 4.79 Å².